The molecular formula is C12H17N5O. The van der Waals surface area contributed by atoms with E-state index < -0.39 is 0 Å². The molecule has 0 unspecified atom stereocenters. The van der Waals surface area contributed by atoms with Gasteiger partial charge in [-0.2, -0.15) is 5.10 Å². The molecule has 2 rings (SSSR count). The standard InChI is InChI=1S/C12H17N5O/c1-7(2)16-6-5-14-11(12(16)18)17-9(4)10(13)8(3)15-17/h5-7H,13H2,1-4H3. The van der Waals surface area contributed by atoms with Crippen LogP contribution in [0.2, 0.25) is 0 Å². The van der Waals surface area contributed by atoms with Gasteiger partial charge in [0.2, 0.25) is 5.82 Å². The molecule has 0 atom stereocenters. The molecule has 0 fully saturated rings. The van der Waals surface area contributed by atoms with Gasteiger partial charge < -0.3 is 10.3 Å². The molecule has 0 saturated carbocycles. The summed E-state index contributed by atoms with van der Waals surface area (Å²) < 4.78 is 3.13. The molecule has 2 N–H and O–H groups in total. The second kappa shape index (κ2) is 4.29. The van der Waals surface area contributed by atoms with Crippen molar-refractivity contribution in [1.29, 1.82) is 0 Å². The van der Waals surface area contributed by atoms with Gasteiger partial charge in [0.05, 0.1) is 17.1 Å². The van der Waals surface area contributed by atoms with Crippen molar-refractivity contribution >= 4 is 5.69 Å². The van der Waals surface area contributed by atoms with Crippen LogP contribution in [-0.2, 0) is 0 Å². The third kappa shape index (κ3) is 1.79. The number of rotatable bonds is 2. The molecule has 2 aromatic rings. The average molecular weight is 247 g/mol. The fourth-order valence-corrected chi connectivity index (χ4v) is 1.83. The van der Waals surface area contributed by atoms with Crippen molar-refractivity contribution in [3.05, 3.63) is 34.1 Å². The molecule has 2 heterocycles. The lowest BCUT2D eigenvalue weighted by atomic mass is 10.3. The Morgan fingerprint density at radius 2 is 2.00 bits per heavy atom. The van der Waals surface area contributed by atoms with E-state index in [0.29, 0.717) is 11.4 Å². The number of nitrogens with zero attached hydrogens (tertiary/aromatic N) is 4. The Bertz CT molecular complexity index is 638. The Hall–Kier alpha value is -2.11. The van der Waals surface area contributed by atoms with E-state index in [2.05, 4.69) is 10.1 Å². The Labute approximate surface area is 105 Å². The summed E-state index contributed by atoms with van der Waals surface area (Å²) in [5.41, 5.74) is 7.73. The van der Waals surface area contributed by atoms with E-state index in [1.54, 1.807) is 17.0 Å². The van der Waals surface area contributed by atoms with Crippen LogP contribution in [0.4, 0.5) is 5.69 Å². The van der Waals surface area contributed by atoms with Crippen molar-refractivity contribution in [2.24, 2.45) is 0 Å². The van der Waals surface area contributed by atoms with Gasteiger partial charge in [-0.05, 0) is 27.7 Å². The molecule has 18 heavy (non-hydrogen) atoms. The van der Waals surface area contributed by atoms with E-state index in [1.807, 2.05) is 27.7 Å². The zero-order chi connectivity index (χ0) is 13.4. The fourth-order valence-electron chi connectivity index (χ4n) is 1.83. The van der Waals surface area contributed by atoms with Gasteiger partial charge in [0.15, 0.2) is 0 Å². The first kappa shape index (κ1) is 12.3. The van der Waals surface area contributed by atoms with Gasteiger partial charge in [-0.1, -0.05) is 0 Å². The molecule has 0 aliphatic carbocycles. The average Bonchev–Trinajstić information content (AvgIpc) is 2.57. The highest BCUT2D eigenvalue weighted by molar-refractivity contribution is 5.49. The molecule has 0 aliphatic rings. The molecular weight excluding hydrogens is 230 g/mol. The van der Waals surface area contributed by atoms with Crippen LogP contribution in [0.3, 0.4) is 0 Å². The van der Waals surface area contributed by atoms with Gasteiger partial charge >= 0.3 is 0 Å². The Balaban J connectivity index is 2.69. The maximum absolute atomic E-state index is 12.3. The maximum Gasteiger partial charge on any atom is 0.295 e. The molecule has 0 aromatic carbocycles. The largest absolute Gasteiger partial charge is 0.396 e. The molecule has 0 saturated heterocycles. The van der Waals surface area contributed by atoms with Crippen LogP contribution in [0.1, 0.15) is 31.3 Å². The molecule has 6 nitrogen and oxygen atoms in total. The quantitative estimate of drug-likeness (QED) is 0.865. The third-order valence-corrected chi connectivity index (χ3v) is 2.95. The van der Waals surface area contributed by atoms with E-state index in [0.717, 1.165) is 5.69 Å². The molecule has 6 heteroatoms. The number of nitrogen functional groups attached to an aromatic ring is 1. The van der Waals surface area contributed by atoms with E-state index in [-0.39, 0.29) is 17.4 Å². The summed E-state index contributed by atoms with van der Waals surface area (Å²) >= 11 is 0. The minimum atomic E-state index is -0.168. The number of hydrogen-bond donors (Lipinski definition) is 1. The van der Waals surface area contributed by atoms with Gasteiger partial charge in [0, 0.05) is 18.4 Å². The number of aryl methyl sites for hydroxylation is 1. The topological polar surface area (TPSA) is 78.7 Å². The van der Waals surface area contributed by atoms with Crippen molar-refractivity contribution in [3.63, 3.8) is 0 Å². The first-order valence-corrected chi connectivity index (χ1v) is 5.82. The normalized spacial score (nSPS) is 11.2. The predicted octanol–water partition coefficient (Wildman–Crippen LogP) is 1.21. The number of nitrogens with two attached hydrogens (primary N) is 1. The molecule has 0 amide bonds. The number of aromatic nitrogens is 4. The van der Waals surface area contributed by atoms with Gasteiger partial charge in [0.25, 0.3) is 5.56 Å². The summed E-state index contributed by atoms with van der Waals surface area (Å²) in [4.78, 5) is 16.4. The van der Waals surface area contributed by atoms with Crippen LogP contribution in [0.15, 0.2) is 17.2 Å². The van der Waals surface area contributed by atoms with Crippen molar-refractivity contribution < 1.29 is 0 Å². The second-order valence-corrected chi connectivity index (χ2v) is 4.55. The Morgan fingerprint density at radius 3 is 2.50 bits per heavy atom. The van der Waals surface area contributed by atoms with Crippen LogP contribution in [0, 0.1) is 13.8 Å². The summed E-state index contributed by atoms with van der Waals surface area (Å²) in [6.45, 7) is 7.52. The van der Waals surface area contributed by atoms with Crippen molar-refractivity contribution in [3.8, 4) is 5.82 Å². The maximum atomic E-state index is 12.3. The zero-order valence-corrected chi connectivity index (χ0v) is 11.0. The van der Waals surface area contributed by atoms with Crippen LogP contribution in [-0.4, -0.2) is 19.3 Å². The first-order chi connectivity index (χ1) is 8.43. The molecule has 0 spiro atoms. The van der Waals surface area contributed by atoms with Crippen molar-refractivity contribution in [1.82, 2.24) is 19.3 Å². The monoisotopic (exact) mass is 247 g/mol. The minimum absolute atomic E-state index is 0.0774. The van der Waals surface area contributed by atoms with Crippen LogP contribution >= 0.6 is 0 Å². The van der Waals surface area contributed by atoms with Crippen molar-refractivity contribution in [2.45, 2.75) is 33.7 Å². The van der Waals surface area contributed by atoms with E-state index >= 15 is 0 Å². The summed E-state index contributed by atoms with van der Waals surface area (Å²) in [6, 6.07) is 0.0774. The van der Waals surface area contributed by atoms with Gasteiger partial charge in [-0.15, -0.1) is 0 Å². The highest BCUT2D eigenvalue weighted by Gasteiger charge is 2.15. The summed E-state index contributed by atoms with van der Waals surface area (Å²) in [5.74, 6) is 0.281. The summed E-state index contributed by atoms with van der Waals surface area (Å²) in [7, 11) is 0. The number of hydrogen-bond acceptors (Lipinski definition) is 4. The minimum Gasteiger partial charge on any atom is -0.396 e. The fraction of sp³-hybridized carbons (Fsp3) is 0.417. The molecule has 0 bridgehead atoms. The van der Waals surface area contributed by atoms with E-state index in [9.17, 15) is 4.79 Å². The smallest absolute Gasteiger partial charge is 0.295 e. The Kier molecular flexibility index (Phi) is 2.94. The van der Waals surface area contributed by atoms with Gasteiger partial charge in [0.1, 0.15) is 0 Å². The van der Waals surface area contributed by atoms with E-state index in [1.165, 1.54) is 4.68 Å². The summed E-state index contributed by atoms with van der Waals surface area (Å²) in [6.07, 6.45) is 3.27. The molecule has 96 valence electrons. The third-order valence-electron chi connectivity index (χ3n) is 2.95. The first-order valence-electron chi connectivity index (χ1n) is 5.82. The Morgan fingerprint density at radius 1 is 1.33 bits per heavy atom. The highest BCUT2D eigenvalue weighted by atomic mass is 16.1. The lowest BCUT2D eigenvalue weighted by molar-refractivity contribution is 0.566. The summed E-state index contributed by atoms with van der Waals surface area (Å²) in [5, 5.41) is 4.26. The molecule has 2 aromatic heterocycles. The number of anilines is 1. The molecule has 0 radical (unpaired) electrons. The van der Waals surface area contributed by atoms with Crippen LogP contribution in [0.5, 0.6) is 0 Å². The second-order valence-electron chi connectivity index (χ2n) is 4.55. The van der Waals surface area contributed by atoms with Crippen LogP contribution in [0.25, 0.3) is 5.82 Å². The van der Waals surface area contributed by atoms with Crippen molar-refractivity contribution in [2.75, 3.05) is 5.73 Å². The highest BCUT2D eigenvalue weighted by Crippen LogP contribution is 2.16. The molecule has 0 aliphatic heterocycles. The van der Waals surface area contributed by atoms with Crippen LogP contribution < -0.4 is 11.3 Å². The predicted molar refractivity (Wildman–Crippen MR) is 69.9 cm³/mol. The van der Waals surface area contributed by atoms with E-state index in [4.69, 9.17) is 5.73 Å². The van der Waals surface area contributed by atoms with Gasteiger partial charge in [-0.3, -0.25) is 4.79 Å². The SMILES string of the molecule is Cc1nn(-c2nccn(C(C)C)c2=O)c(C)c1N. The lowest BCUT2D eigenvalue weighted by Gasteiger charge is -2.11. The zero-order valence-electron chi connectivity index (χ0n) is 11.0. The lowest BCUT2D eigenvalue weighted by Crippen LogP contribution is -2.27. The van der Waals surface area contributed by atoms with Gasteiger partial charge in [-0.25, -0.2) is 9.67 Å².